The van der Waals surface area contributed by atoms with Crippen LogP contribution in [0, 0.1) is 5.92 Å². The molecule has 2 aliphatic rings. The van der Waals surface area contributed by atoms with Gasteiger partial charge in [-0.2, -0.15) is 0 Å². The Labute approximate surface area is 129 Å². The molecule has 2 N–H and O–H groups in total. The minimum absolute atomic E-state index is 0.0153. The Balaban J connectivity index is 1.64. The standard InChI is InChI=1S/C15H23N5O2/c1-10(17-15(22)11-6-7-13(21)16-9-11)14-19-18-12-5-3-2-4-8-20(12)14/h10-11H,2-9H2,1H3,(H,16,21)(H,17,22)/t10-,11+/m0/s1. The second-order valence-corrected chi connectivity index (χ2v) is 6.21. The number of hydrogen-bond donors (Lipinski definition) is 2. The molecule has 2 aliphatic heterocycles. The molecule has 0 aliphatic carbocycles. The van der Waals surface area contributed by atoms with Crippen LogP contribution in [0.4, 0.5) is 0 Å². The van der Waals surface area contributed by atoms with E-state index in [4.69, 9.17) is 0 Å². The molecule has 1 fully saturated rings. The Morgan fingerprint density at radius 1 is 1.32 bits per heavy atom. The number of piperidine rings is 1. The van der Waals surface area contributed by atoms with Crippen LogP contribution in [0.25, 0.3) is 0 Å². The summed E-state index contributed by atoms with van der Waals surface area (Å²) in [5.41, 5.74) is 0. The molecule has 0 unspecified atom stereocenters. The number of fused-ring (bicyclic) bond motifs is 1. The Morgan fingerprint density at radius 2 is 2.18 bits per heavy atom. The summed E-state index contributed by atoms with van der Waals surface area (Å²) in [6, 6.07) is -0.163. The van der Waals surface area contributed by atoms with Crippen molar-refractivity contribution in [1.29, 1.82) is 0 Å². The van der Waals surface area contributed by atoms with Crippen LogP contribution >= 0.6 is 0 Å². The number of rotatable bonds is 3. The quantitative estimate of drug-likeness (QED) is 0.860. The van der Waals surface area contributed by atoms with Crippen molar-refractivity contribution in [3.05, 3.63) is 11.6 Å². The van der Waals surface area contributed by atoms with E-state index in [1.54, 1.807) is 0 Å². The number of aromatic nitrogens is 3. The van der Waals surface area contributed by atoms with Gasteiger partial charge in [0.15, 0.2) is 5.82 Å². The number of nitrogens with zero attached hydrogens (tertiary/aromatic N) is 3. The summed E-state index contributed by atoms with van der Waals surface area (Å²) in [6.45, 7) is 3.30. The van der Waals surface area contributed by atoms with Gasteiger partial charge in [0, 0.05) is 25.9 Å². The van der Waals surface area contributed by atoms with Crippen molar-refractivity contribution < 1.29 is 9.59 Å². The van der Waals surface area contributed by atoms with Gasteiger partial charge in [0.1, 0.15) is 5.82 Å². The minimum Gasteiger partial charge on any atom is -0.355 e. The van der Waals surface area contributed by atoms with Crippen molar-refractivity contribution in [2.75, 3.05) is 6.54 Å². The molecule has 7 nitrogen and oxygen atoms in total. The molecule has 0 aromatic carbocycles. The summed E-state index contributed by atoms with van der Waals surface area (Å²) >= 11 is 0. The average Bonchev–Trinajstić information content (AvgIpc) is 2.77. The molecule has 1 aromatic heterocycles. The lowest BCUT2D eigenvalue weighted by atomic mass is 9.98. The molecule has 22 heavy (non-hydrogen) atoms. The Hall–Kier alpha value is -1.92. The van der Waals surface area contributed by atoms with Gasteiger partial charge in [-0.25, -0.2) is 0 Å². The maximum atomic E-state index is 12.3. The molecule has 1 aromatic rings. The number of carbonyl (C=O) groups excluding carboxylic acids is 2. The topological polar surface area (TPSA) is 88.9 Å². The van der Waals surface area contributed by atoms with Gasteiger partial charge in [-0.3, -0.25) is 9.59 Å². The zero-order valence-electron chi connectivity index (χ0n) is 13.0. The van der Waals surface area contributed by atoms with Gasteiger partial charge in [0.25, 0.3) is 0 Å². The van der Waals surface area contributed by atoms with E-state index in [0.717, 1.165) is 37.5 Å². The number of amides is 2. The molecule has 120 valence electrons. The van der Waals surface area contributed by atoms with Gasteiger partial charge in [-0.05, 0) is 26.2 Å². The lowest BCUT2D eigenvalue weighted by Gasteiger charge is -2.23. The fraction of sp³-hybridized carbons (Fsp3) is 0.733. The molecule has 7 heteroatoms. The van der Waals surface area contributed by atoms with Crippen molar-refractivity contribution in [2.24, 2.45) is 5.92 Å². The van der Waals surface area contributed by atoms with Crippen LogP contribution in [0.1, 0.15) is 56.7 Å². The first-order chi connectivity index (χ1) is 10.6. The Morgan fingerprint density at radius 3 is 2.95 bits per heavy atom. The largest absolute Gasteiger partial charge is 0.355 e. The lowest BCUT2D eigenvalue weighted by Crippen LogP contribution is -2.43. The summed E-state index contributed by atoms with van der Waals surface area (Å²) in [5, 5.41) is 14.3. The molecule has 0 radical (unpaired) electrons. The highest BCUT2D eigenvalue weighted by molar-refractivity contribution is 5.83. The van der Waals surface area contributed by atoms with Crippen LogP contribution in [0.5, 0.6) is 0 Å². The normalized spacial score (nSPS) is 23.1. The Kier molecular flexibility index (Phi) is 4.40. The zero-order valence-corrected chi connectivity index (χ0v) is 13.0. The molecule has 2 atom stereocenters. The molecule has 2 amide bonds. The van der Waals surface area contributed by atoms with Gasteiger partial charge in [0.05, 0.1) is 12.0 Å². The predicted molar refractivity (Wildman–Crippen MR) is 79.9 cm³/mol. The minimum atomic E-state index is -0.163. The third kappa shape index (κ3) is 3.13. The number of carbonyl (C=O) groups is 2. The summed E-state index contributed by atoms with van der Waals surface area (Å²) in [5.74, 6) is 1.73. The highest BCUT2D eigenvalue weighted by Crippen LogP contribution is 2.19. The zero-order chi connectivity index (χ0) is 15.5. The molecular formula is C15H23N5O2. The second-order valence-electron chi connectivity index (χ2n) is 6.21. The summed E-state index contributed by atoms with van der Waals surface area (Å²) in [4.78, 5) is 23.5. The first-order valence-electron chi connectivity index (χ1n) is 8.14. The van der Waals surface area contributed by atoms with E-state index in [2.05, 4.69) is 25.4 Å². The molecule has 1 saturated heterocycles. The maximum Gasteiger partial charge on any atom is 0.225 e. The molecule has 3 rings (SSSR count). The van der Waals surface area contributed by atoms with Crippen molar-refractivity contribution >= 4 is 11.8 Å². The number of hydrogen-bond acceptors (Lipinski definition) is 4. The van der Waals surface area contributed by atoms with Crippen LogP contribution in [0.15, 0.2) is 0 Å². The van der Waals surface area contributed by atoms with Gasteiger partial charge < -0.3 is 15.2 Å². The van der Waals surface area contributed by atoms with Crippen molar-refractivity contribution in [3.8, 4) is 0 Å². The van der Waals surface area contributed by atoms with Crippen LogP contribution < -0.4 is 10.6 Å². The van der Waals surface area contributed by atoms with Gasteiger partial charge in [-0.15, -0.1) is 10.2 Å². The van der Waals surface area contributed by atoms with Crippen LogP contribution in [0.3, 0.4) is 0 Å². The van der Waals surface area contributed by atoms with Gasteiger partial charge >= 0.3 is 0 Å². The third-order valence-corrected chi connectivity index (χ3v) is 4.52. The van der Waals surface area contributed by atoms with Crippen molar-refractivity contribution in [3.63, 3.8) is 0 Å². The van der Waals surface area contributed by atoms with E-state index in [-0.39, 0.29) is 23.8 Å². The average molecular weight is 305 g/mol. The first kappa shape index (κ1) is 15.0. The summed E-state index contributed by atoms with van der Waals surface area (Å²) in [6.07, 6.45) is 5.50. The lowest BCUT2D eigenvalue weighted by molar-refractivity contribution is -0.129. The van der Waals surface area contributed by atoms with E-state index in [0.29, 0.717) is 19.4 Å². The highest BCUT2D eigenvalue weighted by atomic mass is 16.2. The maximum absolute atomic E-state index is 12.3. The van der Waals surface area contributed by atoms with E-state index in [1.807, 2.05) is 6.92 Å². The SMILES string of the molecule is C[C@H](NC(=O)[C@@H]1CCC(=O)NC1)c1nnc2n1CCCCC2. The van der Waals surface area contributed by atoms with E-state index >= 15 is 0 Å². The van der Waals surface area contributed by atoms with Crippen LogP contribution in [-0.4, -0.2) is 33.1 Å². The van der Waals surface area contributed by atoms with E-state index < -0.39 is 0 Å². The molecule has 0 spiro atoms. The van der Waals surface area contributed by atoms with Crippen LogP contribution in [0.2, 0.25) is 0 Å². The van der Waals surface area contributed by atoms with Crippen molar-refractivity contribution in [2.45, 2.75) is 58.0 Å². The predicted octanol–water partition coefficient (Wildman–Crippen LogP) is 0.708. The first-order valence-corrected chi connectivity index (χ1v) is 8.14. The molecule has 3 heterocycles. The van der Waals surface area contributed by atoms with Crippen molar-refractivity contribution in [1.82, 2.24) is 25.4 Å². The number of nitrogens with one attached hydrogen (secondary N) is 2. The fourth-order valence-electron chi connectivity index (χ4n) is 3.18. The smallest absolute Gasteiger partial charge is 0.225 e. The molecular weight excluding hydrogens is 282 g/mol. The highest BCUT2D eigenvalue weighted by Gasteiger charge is 2.27. The second kappa shape index (κ2) is 6.46. The van der Waals surface area contributed by atoms with Gasteiger partial charge in [-0.1, -0.05) is 6.42 Å². The van der Waals surface area contributed by atoms with Crippen LogP contribution in [-0.2, 0) is 22.6 Å². The Bertz CT molecular complexity index is 558. The van der Waals surface area contributed by atoms with Gasteiger partial charge in [0.2, 0.25) is 11.8 Å². The fourth-order valence-corrected chi connectivity index (χ4v) is 3.18. The molecule has 0 bridgehead atoms. The third-order valence-electron chi connectivity index (χ3n) is 4.52. The van der Waals surface area contributed by atoms with E-state index in [1.165, 1.54) is 6.42 Å². The monoisotopic (exact) mass is 305 g/mol. The number of aryl methyl sites for hydroxylation is 1. The van der Waals surface area contributed by atoms with E-state index in [9.17, 15) is 9.59 Å². The summed E-state index contributed by atoms with van der Waals surface area (Å²) < 4.78 is 2.15. The summed E-state index contributed by atoms with van der Waals surface area (Å²) in [7, 11) is 0. The molecule has 0 saturated carbocycles.